The zero-order valence-electron chi connectivity index (χ0n) is 30.7. The molecule has 0 unspecified atom stereocenters. The van der Waals surface area contributed by atoms with E-state index < -0.39 is 70.1 Å². The molecule has 11 nitrogen and oxygen atoms in total. The second kappa shape index (κ2) is 14.8. The van der Waals surface area contributed by atoms with Crippen molar-refractivity contribution in [2.75, 3.05) is 20.5 Å². The molecule has 0 aromatic rings. The quantitative estimate of drug-likeness (QED) is 0.142. The second-order valence-corrected chi connectivity index (χ2v) is 16.4. The third-order valence-electron chi connectivity index (χ3n) is 13.3. The van der Waals surface area contributed by atoms with Gasteiger partial charge in [0.25, 0.3) is 0 Å². The lowest BCUT2D eigenvalue weighted by Gasteiger charge is -2.68. The topological polar surface area (TPSA) is 158 Å². The standard InChI is InChI=1S/C37H62O11/c1-21(2)26(14-17-38)11-10-22(3)30-31(47-24(5)40)32(48-25(6)41)33-34(30,7)15-13-28-35(8)16-12-27(45-20-44-9)18-37(35,43)29(46-23(4)39)19-36(28,33)42/h21-22,26-33,38,42-43H,10-20H2,1-9H3/t22-,26-,27+,28-,29-,30+,31-,32+,33-,34-,35-,36+,37+/m1/s1. The van der Waals surface area contributed by atoms with Gasteiger partial charge in [-0.15, -0.1) is 0 Å². The van der Waals surface area contributed by atoms with Crippen molar-refractivity contribution in [2.24, 2.45) is 46.3 Å². The molecule has 0 heterocycles. The Morgan fingerprint density at radius 2 is 1.46 bits per heavy atom. The van der Waals surface area contributed by atoms with E-state index in [1.807, 2.05) is 6.92 Å². The lowest BCUT2D eigenvalue weighted by molar-refractivity contribution is -0.320. The normalized spacial score (nSPS) is 41.8. The molecular formula is C37H62O11. The molecular weight excluding hydrogens is 620 g/mol. The van der Waals surface area contributed by atoms with Gasteiger partial charge in [0.1, 0.15) is 30.7 Å². The fourth-order valence-corrected chi connectivity index (χ4v) is 11.3. The molecule has 0 aliphatic heterocycles. The van der Waals surface area contributed by atoms with Crippen LogP contribution in [0.25, 0.3) is 0 Å². The van der Waals surface area contributed by atoms with Crippen molar-refractivity contribution < 1.29 is 53.4 Å². The van der Waals surface area contributed by atoms with Crippen LogP contribution in [0.2, 0.25) is 0 Å². The van der Waals surface area contributed by atoms with Crippen LogP contribution < -0.4 is 0 Å². The number of ether oxygens (including phenoxy) is 5. The van der Waals surface area contributed by atoms with Crippen molar-refractivity contribution in [1.82, 2.24) is 0 Å². The van der Waals surface area contributed by atoms with Gasteiger partial charge < -0.3 is 39.0 Å². The highest BCUT2D eigenvalue weighted by molar-refractivity contribution is 5.68. The number of esters is 3. The van der Waals surface area contributed by atoms with Crippen LogP contribution in [0.4, 0.5) is 0 Å². The van der Waals surface area contributed by atoms with Gasteiger partial charge in [0.05, 0.1) is 11.7 Å². The lowest BCUT2D eigenvalue weighted by atomic mass is 9.40. The van der Waals surface area contributed by atoms with Gasteiger partial charge in [-0.05, 0) is 67.6 Å². The fraction of sp³-hybridized carbons (Fsp3) is 0.919. The van der Waals surface area contributed by atoms with Gasteiger partial charge in [0, 0.05) is 64.6 Å². The summed E-state index contributed by atoms with van der Waals surface area (Å²) >= 11 is 0. The van der Waals surface area contributed by atoms with Crippen LogP contribution in [-0.4, -0.2) is 89.4 Å². The Bertz CT molecular complexity index is 1160. The van der Waals surface area contributed by atoms with Crippen molar-refractivity contribution in [2.45, 2.75) is 149 Å². The maximum absolute atomic E-state index is 13.3. The van der Waals surface area contributed by atoms with Gasteiger partial charge in [-0.25, -0.2) is 0 Å². The molecule has 4 aliphatic carbocycles. The number of hydrogen-bond donors (Lipinski definition) is 3. The number of aliphatic hydroxyl groups is 3. The number of carbonyl (C=O) groups is 3. The summed E-state index contributed by atoms with van der Waals surface area (Å²) in [7, 11) is 1.54. The van der Waals surface area contributed by atoms with Gasteiger partial charge in [-0.3, -0.25) is 14.4 Å². The van der Waals surface area contributed by atoms with E-state index in [0.717, 1.165) is 12.8 Å². The molecule has 0 amide bonds. The number of carbonyl (C=O) groups excluding carboxylic acids is 3. The Kier molecular flexibility index (Phi) is 12.0. The molecule has 0 saturated heterocycles. The van der Waals surface area contributed by atoms with Crippen LogP contribution in [-0.2, 0) is 38.1 Å². The van der Waals surface area contributed by atoms with Gasteiger partial charge in [0.15, 0.2) is 0 Å². The first-order valence-electron chi connectivity index (χ1n) is 18.1. The van der Waals surface area contributed by atoms with Crippen molar-refractivity contribution in [3.8, 4) is 0 Å². The van der Waals surface area contributed by atoms with E-state index in [0.29, 0.717) is 43.9 Å². The first-order valence-corrected chi connectivity index (χ1v) is 18.1. The molecule has 4 saturated carbocycles. The summed E-state index contributed by atoms with van der Waals surface area (Å²) in [5, 5.41) is 35.7. The molecule has 48 heavy (non-hydrogen) atoms. The van der Waals surface area contributed by atoms with Gasteiger partial charge in [-0.1, -0.05) is 41.0 Å². The Morgan fingerprint density at radius 3 is 2.02 bits per heavy atom. The molecule has 0 aromatic heterocycles. The lowest BCUT2D eigenvalue weighted by Crippen LogP contribution is -2.75. The number of methoxy groups -OCH3 is 1. The highest BCUT2D eigenvalue weighted by atomic mass is 16.7. The monoisotopic (exact) mass is 682 g/mol. The summed E-state index contributed by atoms with van der Waals surface area (Å²) in [5.41, 5.74) is -4.51. The van der Waals surface area contributed by atoms with Crippen LogP contribution in [0.3, 0.4) is 0 Å². The third-order valence-corrected chi connectivity index (χ3v) is 13.3. The predicted molar refractivity (Wildman–Crippen MR) is 176 cm³/mol. The molecule has 13 atom stereocenters. The molecule has 3 N–H and O–H groups in total. The number of rotatable bonds is 13. The summed E-state index contributed by atoms with van der Waals surface area (Å²) in [6.07, 6.45) is 1.81. The van der Waals surface area contributed by atoms with E-state index >= 15 is 0 Å². The third kappa shape index (κ3) is 6.92. The molecule has 0 bridgehead atoms. The Labute approximate surface area is 286 Å². The van der Waals surface area contributed by atoms with E-state index in [-0.39, 0.29) is 44.2 Å². The minimum absolute atomic E-state index is 0.0243. The summed E-state index contributed by atoms with van der Waals surface area (Å²) in [4.78, 5) is 38.1. The Hall–Kier alpha value is -1.79. The average molecular weight is 683 g/mol. The van der Waals surface area contributed by atoms with E-state index in [2.05, 4.69) is 27.7 Å². The van der Waals surface area contributed by atoms with Gasteiger partial charge >= 0.3 is 17.9 Å². The van der Waals surface area contributed by atoms with E-state index in [4.69, 9.17) is 23.7 Å². The predicted octanol–water partition coefficient (Wildman–Crippen LogP) is 4.56. The first kappa shape index (κ1) is 39.0. The minimum Gasteiger partial charge on any atom is -0.459 e. The summed E-state index contributed by atoms with van der Waals surface area (Å²) < 4.78 is 29.2. The van der Waals surface area contributed by atoms with E-state index in [1.54, 1.807) is 7.11 Å². The Morgan fingerprint density at radius 1 is 0.833 bits per heavy atom. The fourth-order valence-electron chi connectivity index (χ4n) is 11.3. The molecule has 4 rings (SSSR count). The minimum atomic E-state index is -1.53. The van der Waals surface area contributed by atoms with Gasteiger partial charge in [-0.2, -0.15) is 0 Å². The second-order valence-electron chi connectivity index (χ2n) is 16.4. The highest BCUT2D eigenvalue weighted by Gasteiger charge is 2.77. The molecule has 0 spiro atoms. The summed E-state index contributed by atoms with van der Waals surface area (Å²) in [6.45, 7) is 14.8. The van der Waals surface area contributed by atoms with Crippen molar-refractivity contribution >= 4 is 17.9 Å². The smallest absolute Gasteiger partial charge is 0.303 e. The Balaban J connectivity index is 1.82. The first-order chi connectivity index (χ1) is 22.4. The molecule has 4 fully saturated rings. The van der Waals surface area contributed by atoms with Crippen LogP contribution in [0.5, 0.6) is 0 Å². The van der Waals surface area contributed by atoms with Crippen LogP contribution in [0.1, 0.15) is 113 Å². The highest BCUT2D eigenvalue weighted by Crippen LogP contribution is 2.71. The van der Waals surface area contributed by atoms with E-state index in [9.17, 15) is 29.7 Å². The molecule has 4 aliphatic rings. The zero-order valence-corrected chi connectivity index (χ0v) is 30.7. The van der Waals surface area contributed by atoms with E-state index in [1.165, 1.54) is 20.8 Å². The molecule has 276 valence electrons. The van der Waals surface area contributed by atoms with Gasteiger partial charge in [0.2, 0.25) is 0 Å². The summed E-state index contributed by atoms with van der Waals surface area (Å²) in [6, 6.07) is 0. The average Bonchev–Trinajstić information content (AvgIpc) is 3.21. The van der Waals surface area contributed by atoms with Crippen LogP contribution >= 0.6 is 0 Å². The zero-order chi connectivity index (χ0) is 35.8. The molecule has 0 radical (unpaired) electrons. The number of aliphatic hydroxyl groups excluding tert-OH is 1. The maximum Gasteiger partial charge on any atom is 0.303 e. The largest absolute Gasteiger partial charge is 0.459 e. The maximum atomic E-state index is 13.3. The van der Waals surface area contributed by atoms with Crippen molar-refractivity contribution in [1.29, 1.82) is 0 Å². The number of fused-ring (bicyclic) bond motifs is 5. The van der Waals surface area contributed by atoms with Crippen molar-refractivity contribution in [3.05, 3.63) is 0 Å². The van der Waals surface area contributed by atoms with Crippen LogP contribution in [0.15, 0.2) is 0 Å². The molecule has 0 aromatic carbocycles. The van der Waals surface area contributed by atoms with Crippen LogP contribution in [0, 0.1) is 46.3 Å². The molecule has 11 heteroatoms. The van der Waals surface area contributed by atoms with Crippen molar-refractivity contribution in [3.63, 3.8) is 0 Å². The SMILES string of the molecule is COCO[C@H]1CC[C@]2(C)[C@H]3CC[C@]4(C)[C@@H]([C@H](C)CC[C@H](CCO)C(C)C)[C@@H](OC(C)=O)[C@H](OC(C)=O)[C@H]4[C@]3(O)C[C@@H](OC(C)=O)[C@@]2(O)C1. The number of hydrogen-bond acceptors (Lipinski definition) is 11. The summed E-state index contributed by atoms with van der Waals surface area (Å²) in [5.74, 6) is -2.19.